The fraction of sp³-hybridized carbons (Fsp3) is 0.381. The molecule has 0 aliphatic rings. The smallest absolute Gasteiger partial charge is 0.243 e. The van der Waals surface area contributed by atoms with E-state index in [0.29, 0.717) is 35.3 Å². The summed E-state index contributed by atoms with van der Waals surface area (Å²) >= 11 is 12.1. The molecule has 0 aliphatic heterocycles. The Kier molecular flexibility index (Phi) is 8.97. The van der Waals surface area contributed by atoms with E-state index >= 15 is 0 Å². The lowest BCUT2D eigenvalue weighted by molar-refractivity contribution is -0.116. The summed E-state index contributed by atoms with van der Waals surface area (Å²) in [5.41, 5.74) is 0.260. The van der Waals surface area contributed by atoms with Gasteiger partial charge < -0.3 is 10.1 Å². The van der Waals surface area contributed by atoms with Crippen molar-refractivity contribution in [3.63, 3.8) is 0 Å². The van der Waals surface area contributed by atoms with E-state index in [-0.39, 0.29) is 22.2 Å². The van der Waals surface area contributed by atoms with E-state index in [0.717, 1.165) is 12.8 Å². The maximum atomic E-state index is 12.9. The van der Waals surface area contributed by atoms with Crippen LogP contribution in [0.15, 0.2) is 41.3 Å². The summed E-state index contributed by atoms with van der Waals surface area (Å²) < 4.78 is 33.0. The molecule has 2 rings (SSSR count). The van der Waals surface area contributed by atoms with Crippen molar-refractivity contribution in [2.24, 2.45) is 0 Å². The molecule has 0 unspecified atom stereocenters. The van der Waals surface area contributed by atoms with Crippen LogP contribution in [0.25, 0.3) is 0 Å². The predicted octanol–water partition coefficient (Wildman–Crippen LogP) is 5.94. The van der Waals surface area contributed by atoms with Gasteiger partial charge in [-0.3, -0.25) is 4.79 Å². The minimum atomic E-state index is -3.70. The average molecular weight is 473 g/mol. The Morgan fingerprint density at radius 3 is 2.30 bits per heavy atom. The van der Waals surface area contributed by atoms with Gasteiger partial charge in [-0.2, -0.15) is 4.31 Å². The third kappa shape index (κ3) is 6.11. The van der Waals surface area contributed by atoms with Gasteiger partial charge in [0.25, 0.3) is 0 Å². The molecule has 0 aromatic heterocycles. The van der Waals surface area contributed by atoms with Crippen molar-refractivity contribution >= 4 is 44.8 Å². The molecule has 0 spiro atoms. The van der Waals surface area contributed by atoms with E-state index in [1.165, 1.54) is 28.6 Å². The highest BCUT2D eigenvalue weighted by molar-refractivity contribution is 7.89. The van der Waals surface area contributed by atoms with Crippen LogP contribution in [0.5, 0.6) is 11.5 Å². The number of hydrogen-bond acceptors (Lipinski definition) is 4. The monoisotopic (exact) mass is 472 g/mol. The van der Waals surface area contributed by atoms with Crippen LogP contribution in [0.3, 0.4) is 0 Å². The van der Waals surface area contributed by atoms with Crippen LogP contribution in [-0.2, 0) is 14.8 Å². The second-order valence-electron chi connectivity index (χ2n) is 6.58. The number of ether oxygens (including phenoxy) is 1. The molecule has 0 saturated carbocycles. The molecule has 2 aromatic rings. The van der Waals surface area contributed by atoms with Crippen LogP contribution in [0.4, 0.5) is 5.69 Å². The summed E-state index contributed by atoms with van der Waals surface area (Å²) in [4.78, 5) is 12.4. The van der Waals surface area contributed by atoms with Crippen molar-refractivity contribution in [1.29, 1.82) is 0 Å². The summed E-state index contributed by atoms with van der Waals surface area (Å²) in [5, 5.41) is 3.52. The van der Waals surface area contributed by atoms with E-state index in [9.17, 15) is 13.2 Å². The van der Waals surface area contributed by atoms with Crippen molar-refractivity contribution in [3.8, 4) is 11.5 Å². The SMILES string of the molecule is CCCCC(=O)Nc1cc(S(=O)(=O)N(CC)CC)ccc1Oc1ccc(Cl)cc1Cl. The number of nitrogens with one attached hydrogen (secondary N) is 1. The van der Waals surface area contributed by atoms with E-state index in [4.69, 9.17) is 27.9 Å². The van der Waals surface area contributed by atoms with E-state index in [2.05, 4.69) is 5.32 Å². The predicted molar refractivity (Wildman–Crippen MR) is 121 cm³/mol. The van der Waals surface area contributed by atoms with E-state index in [1.54, 1.807) is 26.0 Å². The van der Waals surface area contributed by atoms with Crippen LogP contribution in [0.1, 0.15) is 40.0 Å². The number of sulfonamides is 1. The molecule has 164 valence electrons. The molecule has 0 heterocycles. The number of carbonyl (C=O) groups is 1. The summed E-state index contributed by atoms with van der Waals surface area (Å²) in [6.45, 7) is 6.22. The number of benzene rings is 2. The van der Waals surface area contributed by atoms with Gasteiger partial charge in [-0.15, -0.1) is 0 Å². The fourth-order valence-corrected chi connectivity index (χ4v) is 4.73. The second-order valence-corrected chi connectivity index (χ2v) is 9.36. The fourth-order valence-electron chi connectivity index (χ4n) is 2.80. The molecule has 1 N–H and O–H groups in total. The first-order valence-electron chi connectivity index (χ1n) is 9.79. The first kappa shape index (κ1) is 24.5. The van der Waals surface area contributed by atoms with Crippen LogP contribution in [-0.4, -0.2) is 31.7 Å². The lowest BCUT2D eigenvalue weighted by Gasteiger charge is -2.20. The highest BCUT2D eigenvalue weighted by Gasteiger charge is 2.23. The molecule has 6 nitrogen and oxygen atoms in total. The maximum absolute atomic E-state index is 12.9. The van der Waals surface area contributed by atoms with Crippen molar-refractivity contribution in [1.82, 2.24) is 4.31 Å². The van der Waals surface area contributed by atoms with Crippen molar-refractivity contribution in [2.75, 3.05) is 18.4 Å². The van der Waals surface area contributed by atoms with Gasteiger partial charge in [0.15, 0.2) is 5.75 Å². The lowest BCUT2D eigenvalue weighted by Crippen LogP contribution is -2.30. The molecule has 0 saturated heterocycles. The van der Waals surface area contributed by atoms with Gasteiger partial charge in [-0.05, 0) is 42.8 Å². The van der Waals surface area contributed by atoms with Gasteiger partial charge in [0, 0.05) is 24.5 Å². The van der Waals surface area contributed by atoms with Gasteiger partial charge in [0.2, 0.25) is 15.9 Å². The Morgan fingerprint density at radius 2 is 1.70 bits per heavy atom. The van der Waals surface area contributed by atoms with Crippen LogP contribution in [0.2, 0.25) is 10.0 Å². The zero-order valence-corrected chi connectivity index (χ0v) is 19.6. The summed E-state index contributed by atoms with van der Waals surface area (Å²) in [5.74, 6) is 0.397. The summed E-state index contributed by atoms with van der Waals surface area (Å²) in [7, 11) is -3.70. The van der Waals surface area contributed by atoms with Crippen LogP contribution >= 0.6 is 23.2 Å². The standard InChI is InChI=1S/C21H26Cl2N2O4S/c1-4-7-8-21(26)24-18-14-16(30(27,28)25(5-2)6-3)10-12-20(18)29-19-11-9-15(22)13-17(19)23/h9-14H,4-8H2,1-3H3,(H,24,26). The normalized spacial score (nSPS) is 11.5. The van der Waals surface area contributed by atoms with Gasteiger partial charge in [-0.1, -0.05) is 50.4 Å². The van der Waals surface area contributed by atoms with Crippen molar-refractivity contribution in [2.45, 2.75) is 44.9 Å². The molecular formula is C21H26Cl2N2O4S. The van der Waals surface area contributed by atoms with Gasteiger partial charge >= 0.3 is 0 Å². The topological polar surface area (TPSA) is 75.7 Å². The molecular weight excluding hydrogens is 447 g/mol. The quantitative estimate of drug-likeness (QED) is 0.463. The second kappa shape index (κ2) is 11.0. The van der Waals surface area contributed by atoms with Gasteiger partial charge in [-0.25, -0.2) is 8.42 Å². The Balaban J connectivity index is 2.46. The average Bonchev–Trinajstić information content (AvgIpc) is 2.70. The van der Waals surface area contributed by atoms with Crippen LogP contribution in [0, 0.1) is 0 Å². The maximum Gasteiger partial charge on any atom is 0.243 e. The first-order chi connectivity index (χ1) is 14.2. The minimum Gasteiger partial charge on any atom is -0.454 e. The number of anilines is 1. The third-order valence-electron chi connectivity index (χ3n) is 4.44. The Labute approximate surface area is 188 Å². The van der Waals surface area contributed by atoms with Crippen molar-refractivity contribution < 1.29 is 17.9 Å². The largest absolute Gasteiger partial charge is 0.454 e. The highest BCUT2D eigenvalue weighted by Crippen LogP contribution is 2.36. The third-order valence-corrected chi connectivity index (χ3v) is 7.02. The number of hydrogen-bond donors (Lipinski definition) is 1. The molecule has 30 heavy (non-hydrogen) atoms. The lowest BCUT2D eigenvalue weighted by atomic mass is 10.2. The number of carbonyl (C=O) groups excluding carboxylic acids is 1. The van der Waals surface area contributed by atoms with E-state index < -0.39 is 10.0 Å². The molecule has 0 bridgehead atoms. The number of unbranched alkanes of at least 4 members (excludes halogenated alkanes) is 1. The summed E-state index contributed by atoms with van der Waals surface area (Å²) in [6, 6.07) is 9.15. The zero-order chi connectivity index (χ0) is 22.3. The molecule has 2 aromatic carbocycles. The number of rotatable bonds is 10. The highest BCUT2D eigenvalue weighted by atomic mass is 35.5. The Morgan fingerprint density at radius 1 is 1.03 bits per heavy atom. The first-order valence-corrected chi connectivity index (χ1v) is 12.0. The molecule has 0 aliphatic carbocycles. The van der Waals surface area contributed by atoms with Gasteiger partial charge in [0.05, 0.1) is 15.6 Å². The number of halogens is 2. The molecule has 1 amide bonds. The minimum absolute atomic E-state index is 0.0755. The van der Waals surface area contributed by atoms with Crippen molar-refractivity contribution in [3.05, 3.63) is 46.4 Å². The molecule has 0 fully saturated rings. The van der Waals surface area contributed by atoms with Gasteiger partial charge in [0.1, 0.15) is 5.75 Å². The number of amides is 1. The molecule has 9 heteroatoms. The van der Waals surface area contributed by atoms with E-state index in [1.807, 2.05) is 6.92 Å². The Hall–Kier alpha value is -1.80. The summed E-state index contributed by atoms with van der Waals surface area (Å²) in [6.07, 6.45) is 1.92. The zero-order valence-electron chi connectivity index (χ0n) is 17.2. The molecule has 0 atom stereocenters. The molecule has 0 radical (unpaired) electrons. The number of nitrogens with zero attached hydrogens (tertiary/aromatic N) is 1. The van der Waals surface area contributed by atoms with Crippen LogP contribution < -0.4 is 10.1 Å². The Bertz CT molecular complexity index is 992.